The fourth-order valence-electron chi connectivity index (χ4n) is 4.51. The number of carbonyl (C=O) groups excluding carboxylic acids is 1. The molecule has 0 saturated carbocycles. The van der Waals surface area contributed by atoms with E-state index < -0.39 is 0 Å². The number of hydrogen-bond donors (Lipinski definition) is 1. The summed E-state index contributed by atoms with van der Waals surface area (Å²) in [5.74, 6) is 2.20. The van der Waals surface area contributed by atoms with Crippen molar-refractivity contribution in [1.82, 2.24) is 14.8 Å². The summed E-state index contributed by atoms with van der Waals surface area (Å²) < 4.78 is 12.7. The maximum Gasteiger partial charge on any atom is 0.226 e. The van der Waals surface area contributed by atoms with E-state index in [9.17, 15) is 4.79 Å². The van der Waals surface area contributed by atoms with Gasteiger partial charge in [-0.1, -0.05) is 48.6 Å². The molecular weight excluding hydrogens is 404 g/mol. The van der Waals surface area contributed by atoms with E-state index >= 15 is 0 Å². The van der Waals surface area contributed by atoms with Crippen LogP contribution < -0.4 is 14.8 Å². The molecule has 0 radical (unpaired) electrons. The highest BCUT2D eigenvalue weighted by Gasteiger charge is 2.38. The number of hydrogen-bond acceptors (Lipinski definition) is 6. The van der Waals surface area contributed by atoms with Crippen LogP contribution in [0.15, 0.2) is 72.2 Å². The van der Waals surface area contributed by atoms with Crippen molar-refractivity contribution in [2.45, 2.75) is 24.8 Å². The average molecular weight is 428 g/mol. The quantitative estimate of drug-likeness (QED) is 0.650. The summed E-state index contributed by atoms with van der Waals surface area (Å²) in [6.45, 7) is 0. The maximum atomic E-state index is 13.4. The Kier molecular flexibility index (Phi) is 5.23. The number of nitrogens with zero attached hydrogens (tertiary/aromatic N) is 3. The van der Waals surface area contributed by atoms with Crippen LogP contribution in [-0.2, 0) is 4.79 Å². The minimum atomic E-state index is -0.296. The van der Waals surface area contributed by atoms with Crippen molar-refractivity contribution in [1.29, 1.82) is 0 Å². The molecule has 162 valence electrons. The van der Waals surface area contributed by atoms with Gasteiger partial charge in [-0.25, -0.2) is 4.68 Å². The largest absolute Gasteiger partial charge is 0.497 e. The molecule has 1 aliphatic heterocycles. The van der Waals surface area contributed by atoms with Crippen molar-refractivity contribution in [3.05, 3.63) is 83.3 Å². The number of anilines is 1. The first-order chi connectivity index (χ1) is 15.7. The van der Waals surface area contributed by atoms with Crippen LogP contribution in [0.4, 0.5) is 5.95 Å². The van der Waals surface area contributed by atoms with E-state index in [0.717, 1.165) is 33.9 Å². The zero-order valence-corrected chi connectivity index (χ0v) is 18.0. The van der Waals surface area contributed by atoms with Crippen LogP contribution in [0.2, 0.25) is 0 Å². The zero-order valence-electron chi connectivity index (χ0n) is 18.0. The molecule has 32 heavy (non-hydrogen) atoms. The first-order valence-corrected chi connectivity index (χ1v) is 10.6. The number of benzene rings is 2. The SMILES string of the molecule is COc1ccc(C2CC(=O)C3=C(C2)Nc2ncnn2C3/C=C/c2ccccc2)c(OC)c1. The number of ketones is 1. The van der Waals surface area contributed by atoms with Gasteiger partial charge in [0, 0.05) is 29.7 Å². The number of methoxy groups -OCH3 is 2. The minimum Gasteiger partial charge on any atom is -0.497 e. The third-order valence-corrected chi connectivity index (χ3v) is 6.05. The van der Waals surface area contributed by atoms with Crippen LogP contribution in [0, 0.1) is 0 Å². The van der Waals surface area contributed by atoms with Gasteiger partial charge < -0.3 is 14.8 Å². The van der Waals surface area contributed by atoms with E-state index in [1.807, 2.05) is 60.7 Å². The first kappa shape index (κ1) is 20.1. The van der Waals surface area contributed by atoms with Crippen LogP contribution in [0.1, 0.15) is 35.9 Å². The minimum absolute atomic E-state index is 0.00262. The molecule has 2 aliphatic rings. The molecule has 1 aliphatic carbocycles. The number of carbonyl (C=O) groups is 1. The summed E-state index contributed by atoms with van der Waals surface area (Å²) in [6.07, 6.45) is 6.65. The molecule has 2 heterocycles. The molecule has 0 bridgehead atoms. The zero-order chi connectivity index (χ0) is 22.1. The Bertz CT molecular complexity index is 1210. The van der Waals surface area contributed by atoms with Gasteiger partial charge in [-0.05, 0) is 23.6 Å². The predicted octanol–water partition coefficient (Wildman–Crippen LogP) is 4.38. The first-order valence-electron chi connectivity index (χ1n) is 10.6. The van der Waals surface area contributed by atoms with E-state index in [-0.39, 0.29) is 17.7 Å². The van der Waals surface area contributed by atoms with Gasteiger partial charge in [-0.2, -0.15) is 10.1 Å². The summed E-state index contributed by atoms with van der Waals surface area (Å²) >= 11 is 0. The molecule has 2 atom stereocenters. The summed E-state index contributed by atoms with van der Waals surface area (Å²) in [6, 6.07) is 15.5. The van der Waals surface area contributed by atoms with Crippen LogP contribution in [-0.4, -0.2) is 34.8 Å². The molecule has 2 unspecified atom stereocenters. The molecule has 0 spiro atoms. The van der Waals surface area contributed by atoms with Gasteiger partial charge in [-0.15, -0.1) is 0 Å². The predicted molar refractivity (Wildman–Crippen MR) is 122 cm³/mol. The molecule has 7 nitrogen and oxygen atoms in total. The van der Waals surface area contributed by atoms with Gasteiger partial charge in [0.15, 0.2) is 5.78 Å². The third kappa shape index (κ3) is 3.56. The lowest BCUT2D eigenvalue weighted by atomic mass is 9.78. The second kappa shape index (κ2) is 8.34. The van der Waals surface area contributed by atoms with Gasteiger partial charge in [0.1, 0.15) is 23.9 Å². The van der Waals surface area contributed by atoms with E-state index in [1.165, 1.54) is 6.33 Å². The van der Waals surface area contributed by atoms with Gasteiger partial charge in [-0.3, -0.25) is 4.79 Å². The van der Waals surface area contributed by atoms with Gasteiger partial charge >= 0.3 is 0 Å². The smallest absolute Gasteiger partial charge is 0.226 e. The van der Waals surface area contributed by atoms with Crippen LogP contribution >= 0.6 is 0 Å². The van der Waals surface area contributed by atoms with Crippen LogP contribution in [0.5, 0.6) is 11.5 Å². The number of nitrogens with one attached hydrogen (secondary N) is 1. The van der Waals surface area contributed by atoms with Crippen LogP contribution in [0.3, 0.4) is 0 Å². The maximum absolute atomic E-state index is 13.4. The number of ether oxygens (including phenoxy) is 2. The number of allylic oxidation sites excluding steroid dienone is 3. The number of aromatic nitrogens is 3. The lowest BCUT2D eigenvalue weighted by Gasteiger charge is -2.34. The van der Waals surface area contributed by atoms with Crippen molar-refractivity contribution in [3.8, 4) is 11.5 Å². The normalized spacial score (nSPS) is 20.0. The molecule has 3 aromatic rings. The molecule has 1 N–H and O–H groups in total. The van der Waals surface area contributed by atoms with Crippen molar-refractivity contribution in [2.75, 3.05) is 19.5 Å². The van der Waals surface area contributed by atoms with E-state index in [2.05, 4.69) is 15.4 Å². The fourth-order valence-corrected chi connectivity index (χ4v) is 4.51. The van der Waals surface area contributed by atoms with E-state index in [4.69, 9.17) is 9.47 Å². The lowest BCUT2D eigenvalue weighted by Crippen LogP contribution is -2.32. The topological polar surface area (TPSA) is 78.3 Å². The van der Waals surface area contributed by atoms with Crippen molar-refractivity contribution < 1.29 is 14.3 Å². The number of fused-ring (bicyclic) bond motifs is 1. The second-order valence-corrected chi connectivity index (χ2v) is 7.90. The van der Waals surface area contributed by atoms with Crippen molar-refractivity contribution >= 4 is 17.8 Å². The van der Waals surface area contributed by atoms with Gasteiger partial charge in [0.25, 0.3) is 0 Å². The van der Waals surface area contributed by atoms with Crippen molar-refractivity contribution in [2.24, 2.45) is 0 Å². The summed E-state index contributed by atoms with van der Waals surface area (Å²) in [5.41, 5.74) is 3.71. The van der Waals surface area contributed by atoms with E-state index in [1.54, 1.807) is 18.9 Å². The standard InChI is InChI=1S/C25H24N4O3/c1-31-18-9-10-19(23(14-18)32-2)17-12-20-24(22(30)13-17)21(29-25(28-20)26-15-27-29)11-8-16-6-4-3-5-7-16/h3-11,14-15,17,21H,12-13H2,1-2H3,(H,26,27,28)/b11-8+. The molecule has 0 saturated heterocycles. The molecule has 0 fully saturated rings. The fraction of sp³-hybridized carbons (Fsp3) is 0.240. The molecule has 1 aromatic heterocycles. The van der Waals surface area contributed by atoms with Gasteiger partial charge in [0.2, 0.25) is 5.95 Å². The Morgan fingerprint density at radius 1 is 1.09 bits per heavy atom. The highest BCUT2D eigenvalue weighted by Crippen LogP contribution is 2.44. The lowest BCUT2D eigenvalue weighted by molar-refractivity contribution is -0.116. The highest BCUT2D eigenvalue weighted by atomic mass is 16.5. The summed E-state index contributed by atoms with van der Waals surface area (Å²) in [5, 5.41) is 7.72. The number of Topliss-reactive ketones (excluding diaryl/α,β-unsaturated/α-hetero) is 1. The summed E-state index contributed by atoms with van der Waals surface area (Å²) in [7, 11) is 3.26. The number of rotatable bonds is 5. The molecule has 7 heteroatoms. The monoisotopic (exact) mass is 428 g/mol. The third-order valence-electron chi connectivity index (χ3n) is 6.05. The molecular formula is C25H24N4O3. The molecule has 0 amide bonds. The Labute approximate surface area is 186 Å². The molecule has 5 rings (SSSR count). The Hall–Kier alpha value is -3.87. The van der Waals surface area contributed by atoms with Gasteiger partial charge in [0.05, 0.1) is 14.2 Å². The Morgan fingerprint density at radius 3 is 2.72 bits per heavy atom. The highest BCUT2D eigenvalue weighted by molar-refractivity contribution is 6.00. The second-order valence-electron chi connectivity index (χ2n) is 7.90. The van der Waals surface area contributed by atoms with Crippen molar-refractivity contribution in [3.63, 3.8) is 0 Å². The molecule has 2 aromatic carbocycles. The Morgan fingerprint density at radius 2 is 1.94 bits per heavy atom. The van der Waals surface area contributed by atoms with Crippen LogP contribution in [0.25, 0.3) is 6.08 Å². The summed E-state index contributed by atoms with van der Waals surface area (Å²) in [4.78, 5) is 17.8. The van der Waals surface area contributed by atoms with E-state index in [0.29, 0.717) is 18.8 Å². The Balaban J connectivity index is 1.51. The average Bonchev–Trinajstić information content (AvgIpc) is 3.30.